The maximum atomic E-state index is 2.57. The number of allylic oxidation sites excluding steroid dienone is 1. The van der Waals surface area contributed by atoms with Crippen molar-refractivity contribution in [3.05, 3.63) is 70.8 Å². The first-order chi connectivity index (χ1) is 8.75. The van der Waals surface area contributed by atoms with Crippen molar-refractivity contribution >= 4 is 34.2 Å². The summed E-state index contributed by atoms with van der Waals surface area (Å²) >= 11 is 2.57. The van der Waals surface area contributed by atoms with Crippen LogP contribution >= 0.6 is 22.6 Å². The van der Waals surface area contributed by atoms with Crippen LogP contribution in [0.2, 0.25) is 0 Å². The van der Waals surface area contributed by atoms with E-state index in [0.717, 1.165) is 6.42 Å². The van der Waals surface area contributed by atoms with Gasteiger partial charge in [0.2, 0.25) is 0 Å². The zero-order valence-electron chi connectivity index (χ0n) is 10.4. The molecule has 0 saturated carbocycles. The van der Waals surface area contributed by atoms with Crippen LogP contribution in [0.1, 0.15) is 33.1 Å². The van der Waals surface area contributed by atoms with Crippen LogP contribution < -0.4 is 0 Å². The predicted molar refractivity (Wildman–Crippen MR) is 86.9 cm³/mol. The first kappa shape index (κ1) is 12.0. The predicted octanol–water partition coefficient (Wildman–Crippen LogP) is 5.28. The first-order valence-corrected chi connectivity index (χ1v) is 7.50. The maximum Gasteiger partial charge on any atom is 0.0406 e. The summed E-state index contributed by atoms with van der Waals surface area (Å²) < 4.78 is 0.545. The molecule has 0 radical (unpaired) electrons. The molecular formula is C17H15I. The summed E-state index contributed by atoms with van der Waals surface area (Å²) in [5.74, 6) is 0. The van der Waals surface area contributed by atoms with Gasteiger partial charge < -0.3 is 0 Å². The molecule has 0 amide bonds. The van der Waals surface area contributed by atoms with Gasteiger partial charge in [0.05, 0.1) is 0 Å². The normalized spacial score (nSPS) is 21.0. The average molecular weight is 346 g/mol. The van der Waals surface area contributed by atoms with E-state index in [2.05, 4.69) is 84.1 Å². The van der Waals surface area contributed by atoms with Gasteiger partial charge in [-0.25, -0.2) is 0 Å². The fourth-order valence-corrected chi connectivity index (χ4v) is 3.62. The second-order valence-corrected chi connectivity index (χ2v) is 6.29. The smallest absolute Gasteiger partial charge is 0.0406 e. The van der Waals surface area contributed by atoms with Crippen LogP contribution in [0.4, 0.5) is 0 Å². The molecule has 18 heavy (non-hydrogen) atoms. The van der Waals surface area contributed by atoms with E-state index in [0.29, 0.717) is 3.92 Å². The van der Waals surface area contributed by atoms with E-state index in [4.69, 9.17) is 0 Å². The van der Waals surface area contributed by atoms with Crippen molar-refractivity contribution in [3.8, 4) is 0 Å². The molecular weight excluding hydrogens is 331 g/mol. The van der Waals surface area contributed by atoms with Crippen molar-refractivity contribution in [3.63, 3.8) is 0 Å². The molecule has 1 heteroatoms. The molecule has 1 unspecified atom stereocenters. The molecule has 0 aromatic heterocycles. The molecule has 1 aliphatic rings. The molecule has 0 heterocycles. The Bertz CT molecular complexity index is 611. The van der Waals surface area contributed by atoms with Crippen molar-refractivity contribution in [1.29, 1.82) is 0 Å². The number of halogens is 1. The van der Waals surface area contributed by atoms with Crippen LogP contribution in [-0.2, 0) is 6.42 Å². The second-order valence-electron chi connectivity index (χ2n) is 4.79. The lowest BCUT2D eigenvalue weighted by molar-refractivity contribution is 0.956. The Morgan fingerprint density at radius 3 is 2.61 bits per heavy atom. The molecule has 0 nitrogen and oxygen atoms in total. The number of hydrogen-bond acceptors (Lipinski definition) is 0. The molecule has 1 aliphatic carbocycles. The second kappa shape index (κ2) is 4.88. The van der Waals surface area contributed by atoms with E-state index in [1.165, 1.54) is 27.8 Å². The highest BCUT2D eigenvalue weighted by Gasteiger charge is 2.17. The standard InChI is InChI=1S/C17H15I/c1-12-10-13-6-2-3-7-14(13)11-17(18)16-9-5-4-8-15(12)16/h2-10,17H,11H2,1H3/b12-10-. The van der Waals surface area contributed by atoms with Crippen LogP contribution in [0.25, 0.3) is 11.6 Å². The zero-order valence-corrected chi connectivity index (χ0v) is 12.5. The lowest BCUT2D eigenvalue weighted by Crippen LogP contribution is -2.03. The lowest BCUT2D eigenvalue weighted by atomic mass is 9.89. The topological polar surface area (TPSA) is 0 Å². The van der Waals surface area contributed by atoms with Crippen molar-refractivity contribution in [2.24, 2.45) is 0 Å². The highest BCUT2D eigenvalue weighted by Crippen LogP contribution is 2.37. The summed E-state index contributed by atoms with van der Waals surface area (Å²) in [5, 5.41) is 0. The quantitative estimate of drug-likeness (QED) is 0.450. The molecule has 0 N–H and O–H groups in total. The molecule has 0 aliphatic heterocycles. The fourth-order valence-electron chi connectivity index (χ4n) is 2.60. The van der Waals surface area contributed by atoms with Gasteiger partial charge in [0.1, 0.15) is 0 Å². The Labute approximate surface area is 122 Å². The molecule has 0 fully saturated rings. The van der Waals surface area contributed by atoms with Gasteiger partial charge >= 0.3 is 0 Å². The zero-order chi connectivity index (χ0) is 12.5. The number of fused-ring (bicyclic) bond motifs is 2. The largest absolute Gasteiger partial charge is 0.0770 e. The minimum absolute atomic E-state index is 0.545. The van der Waals surface area contributed by atoms with Gasteiger partial charge in [-0.3, -0.25) is 0 Å². The SMILES string of the molecule is C/C1=C/c2ccccc2CC(I)c2ccccc21. The Morgan fingerprint density at radius 1 is 1.00 bits per heavy atom. The summed E-state index contributed by atoms with van der Waals surface area (Å²) in [5.41, 5.74) is 7.03. The average Bonchev–Trinajstić information content (AvgIpc) is 2.39. The monoisotopic (exact) mass is 346 g/mol. The highest BCUT2D eigenvalue weighted by atomic mass is 127. The summed E-state index contributed by atoms with van der Waals surface area (Å²) in [6, 6.07) is 17.5. The van der Waals surface area contributed by atoms with Gasteiger partial charge in [-0.05, 0) is 41.2 Å². The van der Waals surface area contributed by atoms with Crippen LogP contribution in [0, 0.1) is 0 Å². The Kier molecular flexibility index (Phi) is 3.25. The van der Waals surface area contributed by atoms with Gasteiger partial charge in [0.25, 0.3) is 0 Å². The fraction of sp³-hybridized carbons (Fsp3) is 0.176. The molecule has 90 valence electrons. The van der Waals surface area contributed by atoms with Crippen LogP contribution in [-0.4, -0.2) is 0 Å². The van der Waals surface area contributed by atoms with E-state index in [-0.39, 0.29) is 0 Å². The minimum Gasteiger partial charge on any atom is -0.0770 e. The summed E-state index contributed by atoms with van der Waals surface area (Å²) in [6.45, 7) is 2.21. The number of hydrogen-bond donors (Lipinski definition) is 0. The highest BCUT2D eigenvalue weighted by molar-refractivity contribution is 14.1. The van der Waals surface area contributed by atoms with Crippen LogP contribution in [0.5, 0.6) is 0 Å². The summed E-state index contributed by atoms with van der Waals surface area (Å²) in [7, 11) is 0. The van der Waals surface area contributed by atoms with Gasteiger partial charge in [-0.1, -0.05) is 77.2 Å². The molecule has 1 atom stereocenters. The van der Waals surface area contributed by atoms with Crippen LogP contribution in [0.15, 0.2) is 48.5 Å². The first-order valence-electron chi connectivity index (χ1n) is 6.25. The number of rotatable bonds is 0. The molecule has 0 bridgehead atoms. The van der Waals surface area contributed by atoms with Gasteiger partial charge in [-0.2, -0.15) is 0 Å². The summed E-state index contributed by atoms with van der Waals surface area (Å²) in [6.07, 6.45) is 3.42. The molecule has 3 rings (SSSR count). The Hall–Kier alpha value is -1.09. The Morgan fingerprint density at radius 2 is 1.72 bits per heavy atom. The minimum atomic E-state index is 0.545. The van der Waals surface area contributed by atoms with E-state index in [9.17, 15) is 0 Å². The molecule has 2 aromatic carbocycles. The van der Waals surface area contributed by atoms with Crippen molar-refractivity contribution in [1.82, 2.24) is 0 Å². The Balaban J connectivity index is 2.23. The van der Waals surface area contributed by atoms with Gasteiger partial charge in [-0.15, -0.1) is 0 Å². The lowest BCUT2D eigenvalue weighted by Gasteiger charge is -2.20. The van der Waals surface area contributed by atoms with E-state index in [1.807, 2.05) is 0 Å². The van der Waals surface area contributed by atoms with Crippen LogP contribution in [0.3, 0.4) is 0 Å². The molecule has 0 saturated heterocycles. The van der Waals surface area contributed by atoms with Crippen molar-refractivity contribution in [2.45, 2.75) is 17.3 Å². The van der Waals surface area contributed by atoms with Gasteiger partial charge in [0, 0.05) is 3.92 Å². The van der Waals surface area contributed by atoms with E-state index >= 15 is 0 Å². The number of benzene rings is 2. The number of alkyl halides is 1. The van der Waals surface area contributed by atoms with Gasteiger partial charge in [0.15, 0.2) is 0 Å². The van der Waals surface area contributed by atoms with Crippen molar-refractivity contribution in [2.75, 3.05) is 0 Å². The molecule has 2 aromatic rings. The van der Waals surface area contributed by atoms with E-state index in [1.54, 1.807) is 0 Å². The maximum absolute atomic E-state index is 2.57. The third-order valence-corrected chi connectivity index (χ3v) is 4.66. The third kappa shape index (κ3) is 2.12. The van der Waals surface area contributed by atoms with Crippen molar-refractivity contribution < 1.29 is 0 Å². The van der Waals surface area contributed by atoms with E-state index < -0.39 is 0 Å². The third-order valence-electron chi connectivity index (χ3n) is 3.55. The summed E-state index contributed by atoms with van der Waals surface area (Å²) in [4.78, 5) is 0. The molecule has 0 spiro atoms.